The number of carbonyl (C=O) groups is 2. The van der Waals surface area contributed by atoms with Crippen LogP contribution in [0, 0.1) is 0 Å². The average molecular weight is 919 g/mol. The molecule has 0 aliphatic rings. The van der Waals surface area contributed by atoms with Crippen LogP contribution < -0.4 is 5.32 Å². The van der Waals surface area contributed by atoms with Gasteiger partial charge in [-0.3, -0.25) is 9.59 Å². The normalized spacial score (nSPS) is 12.6. The lowest BCUT2D eigenvalue weighted by molar-refractivity contribution is -0.143. The van der Waals surface area contributed by atoms with Gasteiger partial charge in [0.15, 0.2) is 0 Å². The predicted molar refractivity (Wildman–Crippen MR) is 283 cm³/mol. The van der Waals surface area contributed by atoms with Crippen LogP contribution in [-0.2, 0) is 14.3 Å². The molecule has 0 radical (unpaired) electrons. The van der Waals surface area contributed by atoms with Gasteiger partial charge in [-0.1, -0.05) is 283 Å². The van der Waals surface area contributed by atoms with Crippen LogP contribution in [0.15, 0.2) is 12.2 Å². The van der Waals surface area contributed by atoms with E-state index in [-0.39, 0.29) is 18.5 Å². The molecule has 0 saturated heterocycles. The van der Waals surface area contributed by atoms with Gasteiger partial charge in [0.05, 0.1) is 25.4 Å². The minimum atomic E-state index is -0.661. The molecule has 1 amide bonds. The second-order valence-corrected chi connectivity index (χ2v) is 20.3. The standard InChI is InChI=1S/C59H115NO5/c1-3-5-7-9-11-13-15-32-35-39-43-47-51-57(62)56(55-61)60-58(63)52-48-44-40-36-33-29-27-25-23-21-19-17-16-18-20-22-24-26-28-30-34-38-42-46-50-54-65-59(64)53-49-45-41-37-31-14-12-10-8-6-4-2/h10,12,56-57,61-62H,3-9,11,13-55H2,1-2H3,(H,60,63)/b12-10-. The lowest BCUT2D eigenvalue weighted by atomic mass is 10.0. The lowest BCUT2D eigenvalue weighted by Gasteiger charge is -2.22. The summed E-state index contributed by atoms with van der Waals surface area (Å²) in [6.45, 7) is 4.92. The molecule has 0 spiro atoms. The Morgan fingerprint density at radius 2 is 0.738 bits per heavy atom. The van der Waals surface area contributed by atoms with Gasteiger partial charge in [0, 0.05) is 12.8 Å². The van der Waals surface area contributed by atoms with Crippen LogP contribution in [0.4, 0.5) is 0 Å². The van der Waals surface area contributed by atoms with Crippen LogP contribution >= 0.6 is 0 Å². The van der Waals surface area contributed by atoms with Crippen molar-refractivity contribution >= 4 is 11.9 Å². The number of hydrogen-bond acceptors (Lipinski definition) is 5. The van der Waals surface area contributed by atoms with Crippen LogP contribution in [0.25, 0.3) is 0 Å². The Labute approximate surface area is 406 Å². The van der Waals surface area contributed by atoms with Gasteiger partial charge in [-0.2, -0.15) is 0 Å². The monoisotopic (exact) mass is 918 g/mol. The van der Waals surface area contributed by atoms with E-state index in [1.54, 1.807) is 0 Å². The number of rotatable bonds is 55. The third kappa shape index (κ3) is 51.8. The molecule has 2 atom stereocenters. The van der Waals surface area contributed by atoms with Crippen molar-refractivity contribution in [2.24, 2.45) is 0 Å². The van der Waals surface area contributed by atoms with Gasteiger partial charge in [0.25, 0.3) is 0 Å². The van der Waals surface area contributed by atoms with E-state index < -0.39 is 12.1 Å². The van der Waals surface area contributed by atoms with Crippen LogP contribution in [0.2, 0.25) is 0 Å². The Hall–Kier alpha value is -1.40. The highest BCUT2D eigenvalue weighted by atomic mass is 16.5. The zero-order valence-electron chi connectivity index (χ0n) is 44.0. The second-order valence-electron chi connectivity index (χ2n) is 20.3. The molecule has 2 unspecified atom stereocenters. The van der Waals surface area contributed by atoms with Crippen molar-refractivity contribution in [1.29, 1.82) is 0 Å². The molecule has 0 aliphatic heterocycles. The molecule has 0 aliphatic carbocycles. The number of nitrogens with one attached hydrogen (secondary N) is 1. The van der Waals surface area contributed by atoms with Crippen LogP contribution in [0.1, 0.15) is 328 Å². The molecule has 3 N–H and O–H groups in total. The molecular formula is C59H115NO5. The maximum absolute atomic E-state index is 12.4. The Morgan fingerprint density at radius 3 is 1.14 bits per heavy atom. The SMILES string of the molecule is CCCC/C=C\CCCCCCCC(=O)OCCCCCCCCCCCCCCCCCCCCCCCCCCCC(=O)NC(CO)C(O)CCCCCCCCCCCCCC. The number of aliphatic hydroxyl groups excluding tert-OH is 2. The summed E-state index contributed by atoms with van der Waals surface area (Å²) in [7, 11) is 0. The summed E-state index contributed by atoms with van der Waals surface area (Å²) in [5.41, 5.74) is 0. The van der Waals surface area contributed by atoms with Crippen molar-refractivity contribution in [3.8, 4) is 0 Å². The molecule has 0 aromatic heterocycles. The number of aliphatic hydroxyl groups is 2. The molecule has 0 bridgehead atoms. The van der Waals surface area contributed by atoms with Crippen molar-refractivity contribution in [2.45, 2.75) is 341 Å². The fourth-order valence-electron chi connectivity index (χ4n) is 9.27. The van der Waals surface area contributed by atoms with E-state index in [2.05, 4.69) is 31.3 Å². The number of amides is 1. The largest absolute Gasteiger partial charge is 0.466 e. The Balaban J connectivity index is 3.34. The quantitative estimate of drug-likeness (QED) is 0.0321. The van der Waals surface area contributed by atoms with Gasteiger partial charge in [0.2, 0.25) is 5.91 Å². The maximum Gasteiger partial charge on any atom is 0.305 e. The van der Waals surface area contributed by atoms with E-state index in [4.69, 9.17) is 4.74 Å². The molecule has 0 fully saturated rings. The van der Waals surface area contributed by atoms with Crippen LogP contribution in [0.5, 0.6) is 0 Å². The van der Waals surface area contributed by atoms with Gasteiger partial charge in [-0.05, 0) is 44.9 Å². The summed E-state index contributed by atoms with van der Waals surface area (Å²) < 4.78 is 5.46. The highest BCUT2D eigenvalue weighted by Gasteiger charge is 2.20. The Kier molecular flexibility index (Phi) is 54.0. The molecule has 386 valence electrons. The van der Waals surface area contributed by atoms with Crippen molar-refractivity contribution in [1.82, 2.24) is 5.32 Å². The molecule has 0 aromatic carbocycles. The number of esters is 1. The van der Waals surface area contributed by atoms with Gasteiger partial charge in [-0.15, -0.1) is 0 Å². The minimum absolute atomic E-state index is 0.00556. The number of carbonyl (C=O) groups excluding carboxylic acids is 2. The molecule has 65 heavy (non-hydrogen) atoms. The average Bonchev–Trinajstić information content (AvgIpc) is 3.31. The van der Waals surface area contributed by atoms with Gasteiger partial charge >= 0.3 is 5.97 Å². The summed E-state index contributed by atoms with van der Waals surface area (Å²) in [5, 5.41) is 23.2. The van der Waals surface area contributed by atoms with E-state index >= 15 is 0 Å². The first kappa shape index (κ1) is 63.6. The van der Waals surface area contributed by atoms with E-state index in [0.29, 0.717) is 25.9 Å². The summed E-state index contributed by atoms with van der Waals surface area (Å²) in [5.74, 6) is -0.0269. The van der Waals surface area contributed by atoms with E-state index in [1.807, 2.05) is 0 Å². The second kappa shape index (κ2) is 55.2. The number of allylic oxidation sites excluding steroid dienone is 2. The number of unbranched alkanes of at least 4 members (excludes halogenated alkanes) is 42. The molecule has 6 nitrogen and oxygen atoms in total. The lowest BCUT2D eigenvalue weighted by Crippen LogP contribution is -2.45. The molecule has 0 saturated carbocycles. The molecule has 0 heterocycles. The molecule has 0 aromatic rings. The molecule has 6 heteroatoms. The predicted octanol–water partition coefficient (Wildman–Crippen LogP) is 18.1. The number of ether oxygens (including phenoxy) is 1. The third-order valence-corrected chi connectivity index (χ3v) is 13.8. The van der Waals surface area contributed by atoms with E-state index in [9.17, 15) is 19.8 Å². The van der Waals surface area contributed by atoms with E-state index in [1.165, 1.54) is 250 Å². The van der Waals surface area contributed by atoms with Gasteiger partial charge < -0.3 is 20.3 Å². The summed E-state index contributed by atoms with van der Waals surface area (Å²) in [4.78, 5) is 24.4. The van der Waals surface area contributed by atoms with Gasteiger partial charge in [-0.25, -0.2) is 0 Å². The van der Waals surface area contributed by atoms with Gasteiger partial charge in [0.1, 0.15) is 0 Å². The van der Waals surface area contributed by atoms with Crippen molar-refractivity contribution < 1.29 is 24.5 Å². The summed E-state index contributed by atoms with van der Waals surface area (Å²) in [6.07, 6.45) is 65.0. The smallest absolute Gasteiger partial charge is 0.305 e. The summed E-state index contributed by atoms with van der Waals surface area (Å²) >= 11 is 0. The fraction of sp³-hybridized carbons (Fsp3) is 0.932. The highest BCUT2D eigenvalue weighted by molar-refractivity contribution is 5.76. The minimum Gasteiger partial charge on any atom is -0.466 e. The topological polar surface area (TPSA) is 95.9 Å². The Morgan fingerprint density at radius 1 is 0.415 bits per heavy atom. The maximum atomic E-state index is 12.4. The van der Waals surface area contributed by atoms with Crippen molar-refractivity contribution in [2.75, 3.05) is 13.2 Å². The van der Waals surface area contributed by atoms with Crippen LogP contribution in [0.3, 0.4) is 0 Å². The fourth-order valence-corrected chi connectivity index (χ4v) is 9.27. The zero-order valence-corrected chi connectivity index (χ0v) is 44.0. The first-order valence-corrected chi connectivity index (χ1v) is 29.4. The first-order valence-electron chi connectivity index (χ1n) is 29.4. The van der Waals surface area contributed by atoms with Crippen LogP contribution in [-0.4, -0.2) is 47.4 Å². The van der Waals surface area contributed by atoms with Crippen molar-refractivity contribution in [3.05, 3.63) is 12.2 Å². The first-order chi connectivity index (χ1) is 32.0. The molecular weight excluding hydrogens is 803 g/mol. The zero-order chi connectivity index (χ0) is 47.2. The van der Waals surface area contributed by atoms with Crippen molar-refractivity contribution in [3.63, 3.8) is 0 Å². The number of hydrogen-bond donors (Lipinski definition) is 3. The highest BCUT2D eigenvalue weighted by Crippen LogP contribution is 2.18. The molecule has 0 rings (SSSR count). The van der Waals surface area contributed by atoms with E-state index in [0.717, 1.165) is 44.9 Å². The Bertz CT molecular complexity index is 970. The third-order valence-electron chi connectivity index (χ3n) is 13.8. The summed E-state index contributed by atoms with van der Waals surface area (Å²) in [6, 6.07) is -0.538.